The Morgan fingerprint density at radius 3 is 2.33 bits per heavy atom. The van der Waals surface area contributed by atoms with Gasteiger partial charge >= 0.3 is 0 Å². The Labute approximate surface area is 119 Å². The Balaban J connectivity index is 2.06. The highest BCUT2D eigenvalue weighted by Gasteiger charge is 2.66. The fraction of sp³-hybridized carbons (Fsp3) is 0.625. The molecule has 0 radical (unpaired) electrons. The van der Waals surface area contributed by atoms with Crippen LogP contribution in [-0.2, 0) is 6.42 Å². The zero-order valence-corrected chi connectivity index (χ0v) is 13.5. The van der Waals surface area contributed by atoms with Crippen LogP contribution in [0.3, 0.4) is 0 Å². The van der Waals surface area contributed by atoms with Crippen LogP contribution in [0.15, 0.2) is 28.7 Å². The number of nitrogens with one attached hydrogen (secondary N) is 1. The second kappa shape index (κ2) is 4.97. The third-order valence-electron chi connectivity index (χ3n) is 5.11. The second-order valence-corrected chi connectivity index (χ2v) is 7.22. The molecule has 1 saturated carbocycles. The fourth-order valence-corrected chi connectivity index (χ4v) is 3.61. The van der Waals surface area contributed by atoms with Crippen molar-refractivity contribution < 1.29 is 0 Å². The first-order valence-electron chi connectivity index (χ1n) is 6.87. The highest BCUT2D eigenvalue weighted by Crippen LogP contribution is 2.69. The van der Waals surface area contributed by atoms with Gasteiger partial charge in [-0.1, -0.05) is 55.8 Å². The van der Waals surface area contributed by atoms with Gasteiger partial charge in [0.05, 0.1) is 0 Å². The summed E-state index contributed by atoms with van der Waals surface area (Å²) in [6, 6.07) is 8.78. The van der Waals surface area contributed by atoms with Crippen molar-refractivity contribution in [3.05, 3.63) is 34.3 Å². The predicted molar refractivity (Wildman–Crippen MR) is 81.8 cm³/mol. The number of halogens is 1. The fourth-order valence-electron chi connectivity index (χ4n) is 3.34. The summed E-state index contributed by atoms with van der Waals surface area (Å²) < 4.78 is 1.16. The largest absolute Gasteiger partial charge is 0.317 e. The van der Waals surface area contributed by atoms with E-state index in [9.17, 15) is 0 Å². The van der Waals surface area contributed by atoms with Gasteiger partial charge in [-0.15, -0.1) is 0 Å². The van der Waals surface area contributed by atoms with Crippen LogP contribution >= 0.6 is 15.9 Å². The van der Waals surface area contributed by atoms with Crippen LogP contribution in [-0.4, -0.2) is 13.1 Å². The molecule has 1 aliphatic rings. The summed E-state index contributed by atoms with van der Waals surface area (Å²) in [7, 11) is 0. The third-order valence-corrected chi connectivity index (χ3v) is 5.64. The summed E-state index contributed by atoms with van der Waals surface area (Å²) in [5.41, 5.74) is 2.33. The van der Waals surface area contributed by atoms with Gasteiger partial charge in [-0.25, -0.2) is 0 Å². The predicted octanol–water partition coefficient (Wildman–Crippen LogP) is 4.26. The first kappa shape index (κ1) is 14.1. The van der Waals surface area contributed by atoms with Gasteiger partial charge in [0.2, 0.25) is 0 Å². The topological polar surface area (TPSA) is 12.0 Å². The molecule has 0 saturated heterocycles. The molecule has 1 aliphatic carbocycles. The lowest BCUT2D eigenvalue weighted by Gasteiger charge is -2.15. The molecular weight excluding hydrogens is 286 g/mol. The van der Waals surface area contributed by atoms with Crippen molar-refractivity contribution in [2.45, 2.75) is 34.1 Å². The van der Waals surface area contributed by atoms with E-state index in [0.717, 1.165) is 23.5 Å². The van der Waals surface area contributed by atoms with Gasteiger partial charge in [-0.2, -0.15) is 0 Å². The molecule has 1 N–H and O–H groups in total. The van der Waals surface area contributed by atoms with Crippen molar-refractivity contribution >= 4 is 15.9 Å². The van der Waals surface area contributed by atoms with E-state index in [1.807, 2.05) is 0 Å². The molecule has 2 heteroatoms. The molecule has 0 heterocycles. The van der Waals surface area contributed by atoms with E-state index in [1.54, 1.807) is 0 Å². The van der Waals surface area contributed by atoms with Gasteiger partial charge in [-0.3, -0.25) is 0 Å². The van der Waals surface area contributed by atoms with E-state index in [1.165, 1.54) is 12.0 Å². The molecule has 100 valence electrons. The van der Waals surface area contributed by atoms with Gasteiger partial charge in [0, 0.05) is 4.47 Å². The number of hydrogen-bond donors (Lipinski definition) is 1. The molecule has 2 unspecified atom stereocenters. The Hall–Kier alpha value is -0.340. The minimum Gasteiger partial charge on any atom is -0.317 e. The Morgan fingerprint density at radius 2 is 1.78 bits per heavy atom. The molecule has 0 spiro atoms. The lowest BCUT2D eigenvalue weighted by Crippen LogP contribution is -2.19. The second-order valence-electron chi connectivity index (χ2n) is 6.30. The Kier molecular flexibility index (Phi) is 3.89. The van der Waals surface area contributed by atoms with Crippen molar-refractivity contribution in [2.24, 2.45) is 16.7 Å². The van der Waals surface area contributed by atoms with Crippen LogP contribution in [0.2, 0.25) is 0 Å². The third kappa shape index (κ3) is 2.37. The van der Waals surface area contributed by atoms with Crippen LogP contribution in [0, 0.1) is 16.7 Å². The maximum Gasteiger partial charge on any atom is 0.0175 e. The normalized spacial score (nSPS) is 29.3. The highest BCUT2D eigenvalue weighted by molar-refractivity contribution is 9.10. The molecule has 1 aromatic carbocycles. The quantitative estimate of drug-likeness (QED) is 0.856. The average molecular weight is 310 g/mol. The molecular formula is C16H24BrN. The minimum absolute atomic E-state index is 0.434. The Bertz CT molecular complexity index is 410. The molecule has 1 nitrogen and oxygen atoms in total. The van der Waals surface area contributed by atoms with Gasteiger partial charge in [-0.05, 0) is 54.0 Å². The lowest BCUT2D eigenvalue weighted by atomic mass is 9.90. The monoisotopic (exact) mass is 309 g/mol. The van der Waals surface area contributed by atoms with Gasteiger partial charge in [0.15, 0.2) is 0 Å². The zero-order valence-electron chi connectivity index (χ0n) is 11.9. The lowest BCUT2D eigenvalue weighted by molar-refractivity contribution is 0.414. The minimum atomic E-state index is 0.434. The summed E-state index contributed by atoms with van der Waals surface area (Å²) in [5, 5.41) is 3.51. The van der Waals surface area contributed by atoms with E-state index < -0.39 is 0 Å². The van der Waals surface area contributed by atoms with E-state index in [4.69, 9.17) is 0 Å². The summed E-state index contributed by atoms with van der Waals surface area (Å²) >= 11 is 3.50. The number of hydrogen-bond acceptors (Lipinski definition) is 1. The summed E-state index contributed by atoms with van der Waals surface area (Å²) in [5.74, 6) is 0.786. The molecule has 0 aliphatic heterocycles. The van der Waals surface area contributed by atoms with Gasteiger partial charge < -0.3 is 5.32 Å². The smallest absolute Gasteiger partial charge is 0.0175 e. The first-order chi connectivity index (χ1) is 8.41. The number of benzene rings is 1. The van der Waals surface area contributed by atoms with Gasteiger partial charge in [0.1, 0.15) is 0 Å². The van der Waals surface area contributed by atoms with E-state index in [2.05, 4.69) is 73.2 Å². The maximum absolute atomic E-state index is 3.51. The molecule has 1 fully saturated rings. The Morgan fingerprint density at radius 1 is 1.17 bits per heavy atom. The van der Waals surface area contributed by atoms with Crippen molar-refractivity contribution in [3.63, 3.8) is 0 Å². The maximum atomic E-state index is 3.51. The molecule has 18 heavy (non-hydrogen) atoms. The van der Waals surface area contributed by atoms with Crippen LogP contribution in [0.1, 0.15) is 33.3 Å². The molecule has 1 aromatic rings. The van der Waals surface area contributed by atoms with E-state index in [-0.39, 0.29) is 0 Å². The van der Waals surface area contributed by atoms with Gasteiger partial charge in [0.25, 0.3) is 0 Å². The SMILES string of the molecule is CCNCC1C(C)(C)C1(C)Cc1ccc(Br)cc1. The van der Waals surface area contributed by atoms with Crippen molar-refractivity contribution in [2.75, 3.05) is 13.1 Å². The van der Waals surface area contributed by atoms with E-state index in [0.29, 0.717) is 10.8 Å². The number of rotatable bonds is 5. The summed E-state index contributed by atoms with van der Waals surface area (Å²) in [6.07, 6.45) is 1.18. The van der Waals surface area contributed by atoms with Crippen molar-refractivity contribution in [3.8, 4) is 0 Å². The molecule has 2 atom stereocenters. The van der Waals surface area contributed by atoms with Crippen LogP contribution < -0.4 is 5.32 Å². The summed E-state index contributed by atoms with van der Waals surface area (Å²) in [4.78, 5) is 0. The zero-order chi connectivity index (χ0) is 13.4. The van der Waals surface area contributed by atoms with Crippen LogP contribution in [0.5, 0.6) is 0 Å². The standard InChI is InChI=1S/C16H24BrN/c1-5-18-11-14-15(2,3)16(14,4)10-12-6-8-13(17)9-7-12/h6-9,14,18H,5,10-11H2,1-4H3. The molecule has 0 amide bonds. The van der Waals surface area contributed by atoms with Crippen LogP contribution in [0.25, 0.3) is 0 Å². The molecule has 2 rings (SSSR count). The van der Waals surface area contributed by atoms with Crippen molar-refractivity contribution in [1.82, 2.24) is 5.32 Å². The first-order valence-corrected chi connectivity index (χ1v) is 7.66. The molecule has 0 bridgehead atoms. The summed E-state index contributed by atoms with van der Waals surface area (Å²) in [6.45, 7) is 11.7. The van der Waals surface area contributed by atoms with E-state index >= 15 is 0 Å². The highest BCUT2D eigenvalue weighted by atomic mass is 79.9. The molecule has 0 aromatic heterocycles. The van der Waals surface area contributed by atoms with Crippen molar-refractivity contribution in [1.29, 1.82) is 0 Å². The van der Waals surface area contributed by atoms with Crippen LogP contribution in [0.4, 0.5) is 0 Å². The average Bonchev–Trinajstić information content (AvgIpc) is 2.73.